The highest BCUT2D eigenvalue weighted by atomic mass is 19.4. The number of nitrogens with zero attached hydrogens (tertiary/aromatic N) is 1. The van der Waals surface area contributed by atoms with Gasteiger partial charge in [0.15, 0.2) is 0 Å². The van der Waals surface area contributed by atoms with Crippen molar-refractivity contribution in [2.24, 2.45) is 0 Å². The molecule has 1 fully saturated rings. The molecule has 1 aromatic heterocycles. The summed E-state index contributed by atoms with van der Waals surface area (Å²) in [6, 6.07) is 8.73. The minimum Gasteiger partial charge on any atom is -0.313 e. The van der Waals surface area contributed by atoms with E-state index in [4.69, 9.17) is 0 Å². The van der Waals surface area contributed by atoms with Crippen molar-refractivity contribution in [3.63, 3.8) is 0 Å². The molecule has 144 valence electrons. The first-order valence-electron chi connectivity index (χ1n) is 9.26. The second-order valence-corrected chi connectivity index (χ2v) is 7.86. The Morgan fingerprint density at radius 1 is 1.15 bits per heavy atom. The van der Waals surface area contributed by atoms with Crippen LogP contribution in [0.25, 0.3) is 0 Å². The summed E-state index contributed by atoms with van der Waals surface area (Å²) in [6.45, 7) is 1.48. The molecular weight excluding hydrogens is 356 g/mol. The van der Waals surface area contributed by atoms with Crippen LogP contribution in [0.3, 0.4) is 0 Å². The van der Waals surface area contributed by atoms with Crippen molar-refractivity contribution in [3.05, 3.63) is 65.0 Å². The number of benzene rings is 1. The van der Waals surface area contributed by atoms with Crippen LogP contribution in [0, 0.1) is 0 Å². The SMILES string of the molecule is CC(F)(c1ccc2c(c1)CCC1NCCC21Cc1ccncc1)C(F)(F)F. The van der Waals surface area contributed by atoms with E-state index in [0.29, 0.717) is 13.3 Å². The largest absolute Gasteiger partial charge is 0.426 e. The first-order chi connectivity index (χ1) is 12.7. The summed E-state index contributed by atoms with van der Waals surface area (Å²) >= 11 is 0. The maximum Gasteiger partial charge on any atom is 0.426 e. The number of pyridine rings is 1. The summed E-state index contributed by atoms with van der Waals surface area (Å²) in [6.07, 6.45) is 1.80. The summed E-state index contributed by atoms with van der Waals surface area (Å²) in [7, 11) is 0. The van der Waals surface area contributed by atoms with Gasteiger partial charge in [-0.25, -0.2) is 4.39 Å². The summed E-state index contributed by atoms with van der Waals surface area (Å²) in [5.74, 6) is 0. The topological polar surface area (TPSA) is 24.9 Å². The Bertz CT molecular complexity index is 832. The van der Waals surface area contributed by atoms with E-state index >= 15 is 0 Å². The summed E-state index contributed by atoms with van der Waals surface area (Å²) in [4.78, 5) is 4.06. The fourth-order valence-electron chi connectivity index (χ4n) is 4.75. The number of aryl methyl sites for hydroxylation is 1. The standard InChI is InChI=1S/C21H22F4N2/c1-19(22,21(23,24)25)16-3-4-17-15(12-16)2-5-18-20(17,8-11-27-18)13-14-6-9-26-10-7-14/h3-4,6-7,9-10,12,18,27H,2,5,8,11,13H2,1H3. The third-order valence-electron chi connectivity index (χ3n) is 6.32. The molecule has 2 aromatic rings. The molecule has 3 unspecified atom stereocenters. The van der Waals surface area contributed by atoms with E-state index in [1.807, 2.05) is 12.1 Å². The van der Waals surface area contributed by atoms with Gasteiger partial charge in [-0.15, -0.1) is 0 Å². The van der Waals surface area contributed by atoms with Gasteiger partial charge in [-0.2, -0.15) is 13.2 Å². The van der Waals surface area contributed by atoms with Crippen LogP contribution in [-0.2, 0) is 23.9 Å². The number of fused-ring (bicyclic) bond motifs is 3. The Morgan fingerprint density at radius 3 is 2.59 bits per heavy atom. The fraction of sp³-hybridized carbons (Fsp3) is 0.476. The molecule has 3 atom stereocenters. The van der Waals surface area contributed by atoms with Crippen molar-refractivity contribution < 1.29 is 17.6 Å². The normalized spacial score (nSPS) is 26.9. The third kappa shape index (κ3) is 2.94. The molecule has 2 aliphatic rings. The highest BCUT2D eigenvalue weighted by molar-refractivity contribution is 5.45. The molecule has 1 aromatic carbocycles. The highest BCUT2D eigenvalue weighted by Gasteiger charge is 2.54. The lowest BCUT2D eigenvalue weighted by atomic mass is 9.63. The van der Waals surface area contributed by atoms with E-state index in [2.05, 4.69) is 10.3 Å². The molecule has 0 spiro atoms. The van der Waals surface area contributed by atoms with E-state index in [1.54, 1.807) is 18.5 Å². The summed E-state index contributed by atoms with van der Waals surface area (Å²) in [5, 5.41) is 3.56. The lowest BCUT2D eigenvalue weighted by molar-refractivity contribution is -0.228. The zero-order valence-corrected chi connectivity index (χ0v) is 15.1. The van der Waals surface area contributed by atoms with E-state index in [9.17, 15) is 17.6 Å². The monoisotopic (exact) mass is 378 g/mol. The second kappa shape index (κ2) is 6.30. The van der Waals surface area contributed by atoms with Crippen LogP contribution in [0.15, 0.2) is 42.7 Å². The van der Waals surface area contributed by atoms with Gasteiger partial charge < -0.3 is 5.32 Å². The van der Waals surface area contributed by atoms with E-state index in [0.717, 1.165) is 42.5 Å². The van der Waals surface area contributed by atoms with Gasteiger partial charge in [-0.05, 0) is 73.5 Å². The maximum atomic E-state index is 14.5. The van der Waals surface area contributed by atoms with Crippen LogP contribution in [0.4, 0.5) is 17.6 Å². The van der Waals surface area contributed by atoms with Crippen molar-refractivity contribution in [2.75, 3.05) is 6.54 Å². The van der Waals surface area contributed by atoms with E-state index in [-0.39, 0.29) is 17.0 Å². The zero-order chi connectivity index (χ0) is 19.3. The van der Waals surface area contributed by atoms with Gasteiger partial charge in [0.2, 0.25) is 5.67 Å². The molecule has 2 heterocycles. The van der Waals surface area contributed by atoms with E-state index in [1.165, 1.54) is 12.1 Å². The van der Waals surface area contributed by atoms with Crippen LogP contribution in [-0.4, -0.2) is 23.7 Å². The third-order valence-corrected chi connectivity index (χ3v) is 6.32. The van der Waals surface area contributed by atoms with Crippen LogP contribution in [0.1, 0.15) is 42.0 Å². The van der Waals surface area contributed by atoms with Gasteiger partial charge in [-0.1, -0.05) is 18.2 Å². The minimum absolute atomic E-state index is 0.168. The van der Waals surface area contributed by atoms with E-state index < -0.39 is 11.8 Å². The van der Waals surface area contributed by atoms with Crippen molar-refractivity contribution >= 4 is 0 Å². The summed E-state index contributed by atoms with van der Waals surface area (Å²) < 4.78 is 53.9. The number of hydrogen-bond donors (Lipinski definition) is 1. The predicted octanol–water partition coefficient (Wildman–Crippen LogP) is 4.62. The predicted molar refractivity (Wildman–Crippen MR) is 95.3 cm³/mol. The van der Waals surface area contributed by atoms with Gasteiger partial charge in [0.25, 0.3) is 0 Å². The van der Waals surface area contributed by atoms with Crippen molar-refractivity contribution in [2.45, 2.75) is 55.9 Å². The smallest absolute Gasteiger partial charge is 0.313 e. The van der Waals surface area contributed by atoms with Crippen LogP contribution >= 0.6 is 0 Å². The Kier molecular flexibility index (Phi) is 4.29. The molecule has 27 heavy (non-hydrogen) atoms. The molecule has 1 aliphatic carbocycles. The molecule has 4 rings (SSSR count). The molecular formula is C21H22F4N2. The lowest BCUT2D eigenvalue weighted by Crippen LogP contribution is -2.46. The molecule has 1 aliphatic heterocycles. The molecule has 6 heteroatoms. The minimum atomic E-state index is -4.93. The maximum absolute atomic E-state index is 14.5. The molecule has 0 bridgehead atoms. The van der Waals surface area contributed by atoms with Crippen LogP contribution in [0.2, 0.25) is 0 Å². The number of rotatable bonds is 3. The number of aromatic nitrogens is 1. The van der Waals surface area contributed by atoms with Gasteiger partial charge in [0.1, 0.15) is 0 Å². The van der Waals surface area contributed by atoms with Crippen molar-refractivity contribution in [3.8, 4) is 0 Å². The van der Waals surface area contributed by atoms with Crippen LogP contribution in [0.5, 0.6) is 0 Å². The average molecular weight is 378 g/mol. The molecule has 2 nitrogen and oxygen atoms in total. The lowest BCUT2D eigenvalue weighted by Gasteiger charge is -2.42. The molecule has 0 saturated carbocycles. The van der Waals surface area contributed by atoms with Crippen LogP contribution < -0.4 is 5.32 Å². The molecule has 1 N–H and O–H groups in total. The molecule has 1 saturated heterocycles. The summed E-state index contributed by atoms with van der Waals surface area (Å²) in [5.41, 5.74) is -0.765. The number of hydrogen-bond acceptors (Lipinski definition) is 2. The number of halogens is 4. The Morgan fingerprint density at radius 2 is 1.89 bits per heavy atom. The molecule has 0 amide bonds. The quantitative estimate of drug-likeness (QED) is 0.789. The first-order valence-corrected chi connectivity index (χ1v) is 9.26. The fourth-order valence-corrected chi connectivity index (χ4v) is 4.75. The van der Waals surface area contributed by atoms with Crippen molar-refractivity contribution in [1.29, 1.82) is 0 Å². The van der Waals surface area contributed by atoms with Gasteiger partial charge in [0.05, 0.1) is 0 Å². The van der Waals surface area contributed by atoms with Gasteiger partial charge in [-0.3, -0.25) is 4.98 Å². The highest BCUT2D eigenvalue weighted by Crippen LogP contribution is 2.48. The van der Waals surface area contributed by atoms with Gasteiger partial charge in [0, 0.05) is 23.9 Å². The second-order valence-electron chi connectivity index (χ2n) is 7.86. The Hall–Kier alpha value is -1.95. The zero-order valence-electron chi connectivity index (χ0n) is 15.1. The Balaban J connectivity index is 1.77. The van der Waals surface area contributed by atoms with Crippen molar-refractivity contribution in [1.82, 2.24) is 10.3 Å². The molecule has 0 radical (unpaired) electrons. The average Bonchev–Trinajstić information content (AvgIpc) is 3.05. The number of nitrogens with one attached hydrogen (secondary N) is 1. The Labute approximate surface area is 156 Å². The number of alkyl halides is 4. The first kappa shape index (κ1) is 18.4. The van der Waals surface area contributed by atoms with Gasteiger partial charge >= 0.3 is 6.18 Å².